The highest BCUT2D eigenvalue weighted by atomic mass is 16.5. The molecule has 5 nitrogen and oxygen atoms in total. The molecular weight excluding hydrogens is 364 g/mol. The standard InChI is InChI=1S/C24H32N2O3/c1-4-21(20-10-11-22(28-2)23(16-20)29-3)25-24(27)19-12-14-26(15-13-19)17-18-8-6-5-7-9-18/h5-11,16,19,21H,4,12-15,17H2,1-3H3,(H,25,27). The van der Waals surface area contributed by atoms with Gasteiger partial charge in [-0.2, -0.15) is 0 Å². The molecule has 1 N–H and O–H groups in total. The Labute approximate surface area is 174 Å². The third-order valence-electron chi connectivity index (χ3n) is 5.74. The van der Waals surface area contributed by atoms with Crippen LogP contribution in [0.5, 0.6) is 11.5 Å². The van der Waals surface area contributed by atoms with Gasteiger partial charge in [0.25, 0.3) is 0 Å². The summed E-state index contributed by atoms with van der Waals surface area (Å²) in [6.45, 7) is 4.96. The van der Waals surface area contributed by atoms with Crippen LogP contribution in [0.25, 0.3) is 0 Å². The van der Waals surface area contributed by atoms with Gasteiger partial charge in [-0.25, -0.2) is 0 Å². The zero-order chi connectivity index (χ0) is 20.6. The molecule has 1 saturated heterocycles. The van der Waals surface area contributed by atoms with Crippen molar-refractivity contribution in [2.75, 3.05) is 27.3 Å². The van der Waals surface area contributed by atoms with E-state index in [1.807, 2.05) is 24.3 Å². The molecule has 3 rings (SSSR count). The summed E-state index contributed by atoms with van der Waals surface area (Å²) in [6.07, 6.45) is 2.64. The Morgan fingerprint density at radius 2 is 1.76 bits per heavy atom. The first kappa shape index (κ1) is 21.2. The summed E-state index contributed by atoms with van der Waals surface area (Å²) in [5.41, 5.74) is 2.37. The lowest BCUT2D eigenvalue weighted by molar-refractivity contribution is -0.127. The van der Waals surface area contributed by atoms with E-state index in [2.05, 4.69) is 41.4 Å². The van der Waals surface area contributed by atoms with E-state index in [1.165, 1.54) is 5.56 Å². The second kappa shape index (κ2) is 10.3. The molecule has 1 amide bonds. The highest BCUT2D eigenvalue weighted by Crippen LogP contribution is 2.31. The lowest BCUT2D eigenvalue weighted by Gasteiger charge is -2.32. The molecule has 0 aliphatic carbocycles. The third-order valence-corrected chi connectivity index (χ3v) is 5.74. The van der Waals surface area contributed by atoms with E-state index >= 15 is 0 Å². The summed E-state index contributed by atoms with van der Waals surface area (Å²) < 4.78 is 10.7. The number of piperidine rings is 1. The molecule has 156 valence electrons. The number of amides is 1. The van der Waals surface area contributed by atoms with Crippen molar-refractivity contribution in [1.82, 2.24) is 10.2 Å². The quantitative estimate of drug-likeness (QED) is 0.727. The van der Waals surface area contributed by atoms with Gasteiger partial charge < -0.3 is 14.8 Å². The molecule has 29 heavy (non-hydrogen) atoms. The van der Waals surface area contributed by atoms with E-state index in [1.54, 1.807) is 14.2 Å². The van der Waals surface area contributed by atoms with Crippen molar-refractivity contribution < 1.29 is 14.3 Å². The number of hydrogen-bond donors (Lipinski definition) is 1. The number of hydrogen-bond acceptors (Lipinski definition) is 4. The number of methoxy groups -OCH3 is 2. The summed E-state index contributed by atoms with van der Waals surface area (Å²) >= 11 is 0. The minimum absolute atomic E-state index is 0.0235. The SMILES string of the molecule is CCC(NC(=O)C1CCN(Cc2ccccc2)CC1)c1ccc(OC)c(OC)c1. The smallest absolute Gasteiger partial charge is 0.223 e. The van der Waals surface area contributed by atoms with E-state index in [4.69, 9.17) is 9.47 Å². The molecule has 0 spiro atoms. The highest BCUT2D eigenvalue weighted by molar-refractivity contribution is 5.79. The van der Waals surface area contributed by atoms with Crippen LogP contribution >= 0.6 is 0 Å². The first-order chi connectivity index (χ1) is 14.1. The van der Waals surface area contributed by atoms with Crippen molar-refractivity contribution in [3.63, 3.8) is 0 Å². The van der Waals surface area contributed by atoms with Crippen LogP contribution < -0.4 is 14.8 Å². The second-order valence-corrected chi connectivity index (χ2v) is 7.62. The van der Waals surface area contributed by atoms with Crippen molar-refractivity contribution in [3.8, 4) is 11.5 Å². The van der Waals surface area contributed by atoms with Crippen molar-refractivity contribution >= 4 is 5.91 Å². The minimum Gasteiger partial charge on any atom is -0.493 e. The number of nitrogens with one attached hydrogen (secondary N) is 1. The van der Waals surface area contributed by atoms with Gasteiger partial charge in [0.15, 0.2) is 11.5 Å². The van der Waals surface area contributed by atoms with Gasteiger partial charge >= 0.3 is 0 Å². The molecule has 1 unspecified atom stereocenters. The van der Waals surface area contributed by atoms with Crippen LogP contribution in [-0.2, 0) is 11.3 Å². The van der Waals surface area contributed by atoms with Gasteiger partial charge in [-0.05, 0) is 55.6 Å². The van der Waals surface area contributed by atoms with Gasteiger partial charge in [0.2, 0.25) is 5.91 Å². The molecule has 0 aromatic heterocycles. The number of ether oxygens (including phenoxy) is 2. The van der Waals surface area contributed by atoms with Gasteiger partial charge in [0, 0.05) is 12.5 Å². The number of carbonyl (C=O) groups excluding carboxylic acids is 1. The average molecular weight is 397 g/mol. The van der Waals surface area contributed by atoms with Crippen LogP contribution in [0.4, 0.5) is 0 Å². The fourth-order valence-electron chi connectivity index (χ4n) is 3.98. The van der Waals surface area contributed by atoms with E-state index in [-0.39, 0.29) is 17.9 Å². The Kier molecular flexibility index (Phi) is 7.53. The van der Waals surface area contributed by atoms with Gasteiger partial charge in [0.1, 0.15) is 0 Å². The second-order valence-electron chi connectivity index (χ2n) is 7.62. The number of nitrogens with zero attached hydrogens (tertiary/aromatic N) is 1. The molecule has 1 aliphatic rings. The minimum atomic E-state index is -0.0235. The normalized spacial score (nSPS) is 16.2. The number of rotatable bonds is 8. The largest absolute Gasteiger partial charge is 0.493 e. The van der Waals surface area contributed by atoms with Crippen molar-refractivity contribution in [3.05, 3.63) is 59.7 Å². The zero-order valence-electron chi connectivity index (χ0n) is 17.7. The molecule has 1 atom stereocenters. The average Bonchev–Trinajstić information content (AvgIpc) is 2.78. The Morgan fingerprint density at radius 1 is 1.07 bits per heavy atom. The molecule has 2 aromatic rings. The lowest BCUT2D eigenvalue weighted by atomic mass is 9.94. The van der Waals surface area contributed by atoms with Crippen LogP contribution in [0.1, 0.15) is 43.4 Å². The molecule has 5 heteroatoms. The van der Waals surface area contributed by atoms with Gasteiger partial charge in [0.05, 0.1) is 20.3 Å². The van der Waals surface area contributed by atoms with Crippen LogP contribution in [-0.4, -0.2) is 38.1 Å². The topological polar surface area (TPSA) is 50.8 Å². The van der Waals surface area contributed by atoms with E-state index < -0.39 is 0 Å². The molecule has 1 heterocycles. The predicted molar refractivity (Wildman–Crippen MR) is 115 cm³/mol. The molecule has 1 fully saturated rings. The van der Waals surface area contributed by atoms with E-state index in [0.29, 0.717) is 11.5 Å². The van der Waals surface area contributed by atoms with Gasteiger partial charge in [-0.3, -0.25) is 9.69 Å². The van der Waals surface area contributed by atoms with Crippen LogP contribution in [0.2, 0.25) is 0 Å². The van der Waals surface area contributed by atoms with Gasteiger partial charge in [-0.1, -0.05) is 43.3 Å². The zero-order valence-corrected chi connectivity index (χ0v) is 17.7. The Bertz CT molecular complexity index is 786. The van der Waals surface area contributed by atoms with Crippen molar-refractivity contribution in [1.29, 1.82) is 0 Å². The molecule has 1 aliphatic heterocycles. The lowest BCUT2D eigenvalue weighted by Crippen LogP contribution is -2.41. The highest BCUT2D eigenvalue weighted by Gasteiger charge is 2.26. The summed E-state index contributed by atoms with van der Waals surface area (Å²) in [7, 11) is 3.26. The molecule has 0 saturated carbocycles. The first-order valence-corrected chi connectivity index (χ1v) is 10.4. The maximum absolute atomic E-state index is 12.9. The number of likely N-dealkylation sites (tertiary alicyclic amines) is 1. The Hall–Kier alpha value is -2.53. The van der Waals surface area contributed by atoms with Gasteiger partial charge in [-0.15, -0.1) is 0 Å². The van der Waals surface area contributed by atoms with Crippen LogP contribution in [0.3, 0.4) is 0 Å². The number of carbonyl (C=O) groups is 1. The monoisotopic (exact) mass is 396 g/mol. The van der Waals surface area contributed by atoms with Crippen LogP contribution in [0.15, 0.2) is 48.5 Å². The molecular formula is C24H32N2O3. The summed E-state index contributed by atoms with van der Waals surface area (Å²) in [5.74, 6) is 1.62. The fourth-order valence-corrected chi connectivity index (χ4v) is 3.98. The molecule has 2 aromatic carbocycles. The summed E-state index contributed by atoms with van der Waals surface area (Å²) in [6, 6.07) is 16.3. The first-order valence-electron chi connectivity index (χ1n) is 10.4. The fraction of sp³-hybridized carbons (Fsp3) is 0.458. The maximum atomic E-state index is 12.9. The van der Waals surface area contributed by atoms with E-state index in [9.17, 15) is 4.79 Å². The Balaban J connectivity index is 1.55. The third kappa shape index (κ3) is 5.51. The predicted octanol–water partition coefficient (Wildman–Crippen LogP) is 4.18. The number of benzene rings is 2. The maximum Gasteiger partial charge on any atom is 0.223 e. The van der Waals surface area contributed by atoms with Crippen LogP contribution in [0, 0.1) is 5.92 Å². The summed E-state index contributed by atoms with van der Waals surface area (Å²) in [4.78, 5) is 15.3. The molecule has 0 radical (unpaired) electrons. The van der Waals surface area contributed by atoms with Crippen molar-refractivity contribution in [2.45, 2.75) is 38.8 Å². The summed E-state index contributed by atoms with van der Waals surface area (Å²) in [5, 5.41) is 3.25. The van der Waals surface area contributed by atoms with Crippen molar-refractivity contribution in [2.24, 2.45) is 5.92 Å². The Morgan fingerprint density at radius 3 is 2.38 bits per heavy atom. The van der Waals surface area contributed by atoms with E-state index in [0.717, 1.165) is 44.5 Å². The molecule has 0 bridgehead atoms.